The van der Waals surface area contributed by atoms with Gasteiger partial charge in [-0.15, -0.1) is 0 Å². The number of anilines is 2. The van der Waals surface area contributed by atoms with Gasteiger partial charge in [-0.05, 0) is 42.0 Å². The number of nitrogens with one attached hydrogen (secondary N) is 2. The summed E-state index contributed by atoms with van der Waals surface area (Å²) in [5, 5.41) is 6.50. The highest BCUT2D eigenvalue weighted by Gasteiger charge is 2.10. The second kappa shape index (κ2) is 7.57. The molecule has 3 rings (SSSR count). The molecule has 2 N–H and O–H groups in total. The Morgan fingerprint density at radius 1 is 1.04 bits per heavy atom. The van der Waals surface area contributed by atoms with Crippen molar-refractivity contribution in [1.29, 1.82) is 0 Å². The molecule has 24 heavy (non-hydrogen) atoms. The van der Waals surface area contributed by atoms with Crippen LogP contribution in [-0.2, 0) is 6.54 Å². The predicted octanol–water partition coefficient (Wildman–Crippen LogP) is 3.99. The van der Waals surface area contributed by atoms with Gasteiger partial charge in [-0.1, -0.05) is 23.7 Å². The van der Waals surface area contributed by atoms with E-state index in [2.05, 4.69) is 20.6 Å². The molecular formula is C18H15ClN4O. The molecule has 0 aliphatic rings. The van der Waals surface area contributed by atoms with E-state index < -0.39 is 0 Å². The number of carbonyl (C=O) groups is 1. The molecule has 0 atom stereocenters. The van der Waals surface area contributed by atoms with Crippen molar-refractivity contribution in [3.63, 3.8) is 0 Å². The van der Waals surface area contributed by atoms with E-state index in [-0.39, 0.29) is 5.91 Å². The molecule has 0 fully saturated rings. The van der Waals surface area contributed by atoms with Crippen LogP contribution in [0.4, 0.5) is 11.4 Å². The third-order valence-corrected chi connectivity index (χ3v) is 3.69. The molecule has 0 saturated carbocycles. The molecule has 0 unspecified atom stereocenters. The Bertz CT molecular complexity index is 839. The Labute approximate surface area is 144 Å². The third-order valence-electron chi connectivity index (χ3n) is 3.36. The van der Waals surface area contributed by atoms with Crippen LogP contribution in [0, 0.1) is 0 Å². The highest BCUT2D eigenvalue weighted by Crippen LogP contribution is 2.21. The summed E-state index contributed by atoms with van der Waals surface area (Å²) in [5.41, 5.74) is 2.78. The van der Waals surface area contributed by atoms with Gasteiger partial charge < -0.3 is 10.6 Å². The van der Waals surface area contributed by atoms with Gasteiger partial charge in [0.05, 0.1) is 10.7 Å². The van der Waals surface area contributed by atoms with Gasteiger partial charge in [-0.25, -0.2) is 0 Å². The highest BCUT2D eigenvalue weighted by atomic mass is 35.5. The Hall–Kier alpha value is -2.92. The van der Waals surface area contributed by atoms with Gasteiger partial charge in [0.25, 0.3) is 5.91 Å². The second-order valence-corrected chi connectivity index (χ2v) is 5.48. The number of amides is 1. The Kier molecular flexibility index (Phi) is 5.03. The number of nitrogens with zero attached hydrogens (tertiary/aromatic N) is 2. The summed E-state index contributed by atoms with van der Waals surface area (Å²) in [4.78, 5) is 20.4. The lowest BCUT2D eigenvalue weighted by molar-refractivity contribution is 0.102. The number of hydrogen-bond acceptors (Lipinski definition) is 4. The molecule has 120 valence electrons. The Morgan fingerprint density at radius 2 is 1.83 bits per heavy atom. The molecule has 1 amide bonds. The van der Waals surface area contributed by atoms with Crippen molar-refractivity contribution in [3.8, 4) is 0 Å². The van der Waals surface area contributed by atoms with Crippen molar-refractivity contribution in [2.75, 3.05) is 10.6 Å². The zero-order valence-electron chi connectivity index (χ0n) is 12.7. The molecule has 0 aliphatic carbocycles. The predicted molar refractivity (Wildman–Crippen MR) is 95.2 cm³/mol. The summed E-state index contributed by atoms with van der Waals surface area (Å²) in [6.07, 6.45) is 5.08. The van der Waals surface area contributed by atoms with Crippen molar-refractivity contribution in [2.45, 2.75) is 6.54 Å². The van der Waals surface area contributed by atoms with Crippen LogP contribution in [0.5, 0.6) is 0 Å². The highest BCUT2D eigenvalue weighted by molar-refractivity contribution is 6.33. The minimum atomic E-state index is -0.310. The molecule has 1 aromatic carbocycles. The lowest BCUT2D eigenvalue weighted by Gasteiger charge is -2.09. The average Bonchev–Trinajstić information content (AvgIpc) is 2.63. The number of benzene rings is 1. The van der Waals surface area contributed by atoms with Gasteiger partial charge in [0.1, 0.15) is 5.69 Å². The molecule has 0 radical (unpaired) electrons. The number of halogens is 1. The number of carbonyl (C=O) groups excluding carboxylic acids is 1. The molecule has 0 saturated heterocycles. The molecule has 0 spiro atoms. The number of aromatic nitrogens is 2. The number of hydrogen-bond donors (Lipinski definition) is 2. The fourth-order valence-electron chi connectivity index (χ4n) is 2.12. The van der Waals surface area contributed by atoms with Crippen LogP contribution >= 0.6 is 11.6 Å². The van der Waals surface area contributed by atoms with Crippen LogP contribution in [0.2, 0.25) is 5.02 Å². The monoisotopic (exact) mass is 338 g/mol. The zero-order chi connectivity index (χ0) is 16.8. The maximum absolute atomic E-state index is 12.3. The van der Waals surface area contributed by atoms with E-state index in [1.165, 1.54) is 0 Å². The summed E-state index contributed by atoms with van der Waals surface area (Å²) in [5.74, 6) is -0.310. The fraction of sp³-hybridized carbons (Fsp3) is 0.0556. The largest absolute Gasteiger partial charge is 0.381 e. The lowest BCUT2D eigenvalue weighted by atomic mass is 10.2. The van der Waals surface area contributed by atoms with E-state index in [0.717, 1.165) is 11.3 Å². The molecule has 2 aromatic heterocycles. The molecule has 0 bridgehead atoms. The maximum Gasteiger partial charge on any atom is 0.274 e. The van der Waals surface area contributed by atoms with Crippen LogP contribution in [0.1, 0.15) is 16.1 Å². The van der Waals surface area contributed by atoms with E-state index in [0.29, 0.717) is 22.9 Å². The van der Waals surface area contributed by atoms with Gasteiger partial charge in [-0.2, -0.15) is 0 Å². The summed E-state index contributed by atoms with van der Waals surface area (Å²) >= 11 is 6.05. The molecule has 5 nitrogen and oxygen atoms in total. The number of pyridine rings is 2. The normalized spacial score (nSPS) is 10.2. The first kappa shape index (κ1) is 16.0. The fourth-order valence-corrected chi connectivity index (χ4v) is 2.30. The van der Waals surface area contributed by atoms with Gasteiger partial charge in [0.2, 0.25) is 0 Å². The van der Waals surface area contributed by atoms with Crippen molar-refractivity contribution in [3.05, 3.63) is 83.4 Å². The summed E-state index contributed by atoms with van der Waals surface area (Å²) < 4.78 is 0. The van der Waals surface area contributed by atoms with E-state index in [9.17, 15) is 4.79 Å². The molecule has 6 heteroatoms. The van der Waals surface area contributed by atoms with E-state index in [1.807, 2.05) is 24.3 Å². The van der Waals surface area contributed by atoms with Crippen LogP contribution in [0.25, 0.3) is 0 Å². The van der Waals surface area contributed by atoms with Gasteiger partial charge in [0.15, 0.2) is 0 Å². The average molecular weight is 339 g/mol. The van der Waals surface area contributed by atoms with Crippen LogP contribution in [-0.4, -0.2) is 15.9 Å². The summed E-state index contributed by atoms with van der Waals surface area (Å²) in [6.45, 7) is 0.637. The van der Waals surface area contributed by atoms with Gasteiger partial charge in [0, 0.05) is 30.8 Å². The smallest absolute Gasteiger partial charge is 0.274 e. The van der Waals surface area contributed by atoms with Crippen molar-refractivity contribution in [2.24, 2.45) is 0 Å². The Balaban J connectivity index is 1.68. The molecule has 2 heterocycles. The van der Waals surface area contributed by atoms with Crippen LogP contribution in [0.15, 0.2) is 67.1 Å². The first-order valence-electron chi connectivity index (χ1n) is 7.37. The Morgan fingerprint density at radius 3 is 2.62 bits per heavy atom. The minimum absolute atomic E-state index is 0.310. The quantitative estimate of drug-likeness (QED) is 0.738. The topological polar surface area (TPSA) is 66.9 Å². The first-order chi connectivity index (χ1) is 11.7. The van der Waals surface area contributed by atoms with Crippen molar-refractivity contribution < 1.29 is 4.79 Å². The SMILES string of the molecule is O=C(Nc1ccccc1Cl)c1cc(NCc2ccncc2)ccn1. The minimum Gasteiger partial charge on any atom is -0.381 e. The molecule has 0 aliphatic heterocycles. The first-order valence-corrected chi connectivity index (χ1v) is 7.75. The number of rotatable bonds is 5. The standard InChI is InChI=1S/C18H15ClN4O/c19-15-3-1-2-4-16(15)23-18(24)17-11-14(7-10-21-17)22-12-13-5-8-20-9-6-13/h1-11H,12H2,(H,21,22)(H,23,24). The van der Waals surface area contributed by atoms with E-state index in [4.69, 9.17) is 11.6 Å². The van der Waals surface area contributed by atoms with Gasteiger partial charge in [-0.3, -0.25) is 14.8 Å². The summed E-state index contributed by atoms with van der Waals surface area (Å²) in [6, 6.07) is 14.4. The van der Waals surface area contributed by atoms with E-state index >= 15 is 0 Å². The third kappa shape index (κ3) is 4.08. The zero-order valence-corrected chi connectivity index (χ0v) is 13.5. The van der Waals surface area contributed by atoms with Crippen LogP contribution < -0.4 is 10.6 Å². The summed E-state index contributed by atoms with van der Waals surface area (Å²) in [7, 11) is 0. The maximum atomic E-state index is 12.3. The van der Waals surface area contributed by atoms with Gasteiger partial charge >= 0.3 is 0 Å². The molecular weight excluding hydrogens is 324 g/mol. The molecule has 3 aromatic rings. The van der Waals surface area contributed by atoms with Crippen molar-refractivity contribution in [1.82, 2.24) is 9.97 Å². The lowest BCUT2D eigenvalue weighted by Crippen LogP contribution is -2.14. The second-order valence-electron chi connectivity index (χ2n) is 5.07. The van der Waals surface area contributed by atoms with E-state index in [1.54, 1.807) is 42.9 Å². The number of para-hydroxylation sites is 1. The van der Waals surface area contributed by atoms with Crippen molar-refractivity contribution >= 4 is 28.9 Å². The van der Waals surface area contributed by atoms with Crippen LogP contribution in [0.3, 0.4) is 0 Å².